The van der Waals surface area contributed by atoms with Crippen molar-refractivity contribution in [2.45, 2.75) is 24.6 Å². The Balaban J connectivity index is 2.55. The fraction of sp³-hybridized carbons (Fsp3) is 0.385. The predicted octanol–water partition coefficient (Wildman–Crippen LogP) is 3.51. The molecule has 1 unspecified atom stereocenters. The van der Waals surface area contributed by atoms with Crippen molar-refractivity contribution in [3.05, 3.63) is 35.9 Å². The summed E-state index contributed by atoms with van der Waals surface area (Å²) in [5.74, 6) is -0.448. The highest BCUT2D eigenvalue weighted by molar-refractivity contribution is 6.49. The van der Waals surface area contributed by atoms with Gasteiger partial charge in [0, 0.05) is 12.3 Å². The van der Waals surface area contributed by atoms with Crippen LogP contribution in [0.4, 0.5) is 0 Å². The van der Waals surface area contributed by atoms with Gasteiger partial charge in [-0.15, -0.1) is 23.2 Å². The monoisotopic (exact) mass is 272 g/mol. The summed E-state index contributed by atoms with van der Waals surface area (Å²) in [7, 11) is 0. The first-order valence-corrected chi connectivity index (χ1v) is 6.46. The Morgan fingerprint density at radius 2 is 1.76 bits per heavy atom. The van der Waals surface area contributed by atoms with Crippen molar-refractivity contribution in [3.63, 3.8) is 0 Å². The number of Topliss-reactive ketones (excluding diaryl/α,β-unsaturated/α-hetero) is 2. The standard InChI is InChI=1S/C13H14Cl2O2/c14-9-5-4-8-11(16)13(17)12(15)10-6-2-1-3-7-10/h1-3,6-7,12H,4-5,8-9H2. The van der Waals surface area contributed by atoms with Gasteiger partial charge in [0.25, 0.3) is 0 Å². The van der Waals surface area contributed by atoms with Gasteiger partial charge in [0.05, 0.1) is 0 Å². The molecule has 1 atom stereocenters. The molecule has 0 amide bonds. The van der Waals surface area contributed by atoms with E-state index in [1.807, 2.05) is 6.07 Å². The molecule has 92 valence electrons. The highest BCUT2D eigenvalue weighted by Crippen LogP contribution is 2.22. The average molecular weight is 273 g/mol. The molecule has 2 nitrogen and oxygen atoms in total. The summed E-state index contributed by atoms with van der Waals surface area (Å²) in [6.45, 7) is 0. The van der Waals surface area contributed by atoms with E-state index in [9.17, 15) is 9.59 Å². The van der Waals surface area contributed by atoms with Gasteiger partial charge in [0.15, 0.2) is 5.78 Å². The minimum atomic E-state index is -0.875. The number of benzene rings is 1. The Bertz CT molecular complexity index is 376. The fourth-order valence-corrected chi connectivity index (χ4v) is 1.87. The third kappa shape index (κ3) is 4.49. The molecule has 17 heavy (non-hydrogen) atoms. The van der Waals surface area contributed by atoms with Crippen LogP contribution in [0.3, 0.4) is 0 Å². The first-order valence-electron chi connectivity index (χ1n) is 5.49. The van der Waals surface area contributed by atoms with Crippen LogP contribution in [-0.4, -0.2) is 17.4 Å². The maximum atomic E-state index is 11.7. The number of unbranched alkanes of at least 4 members (excludes halogenated alkanes) is 1. The molecular weight excluding hydrogens is 259 g/mol. The number of rotatable bonds is 7. The highest BCUT2D eigenvalue weighted by Gasteiger charge is 2.23. The van der Waals surface area contributed by atoms with Crippen LogP contribution in [0.2, 0.25) is 0 Å². The molecule has 0 aliphatic heterocycles. The lowest BCUT2D eigenvalue weighted by atomic mass is 10.0. The number of ketones is 2. The van der Waals surface area contributed by atoms with Gasteiger partial charge in [0.1, 0.15) is 5.38 Å². The van der Waals surface area contributed by atoms with E-state index in [1.165, 1.54) is 0 Å². The van der Waals surface area contributed by atoms with Crippen molar-refractivity contribution >= 4 is 34.8 Å². The van der Waals surface area contributed by atoms with Gasteiger partial charge >= 0.3 is 0 Å². The number of carbonyl (C=O) groups is 2. The zero-order valence-electron chi connectivity index (χ0n) is 9.36. The van der Waals surface area contributed by atoms with Gasteiger partial charge in [-0.2, -0.15) is 0 Å². The van der Waals surface area contributed by atoms with E-state index >= 15 is 0 Å². The molecule has 0 N–H and O–H groups in total. The van der Waals surface area contributed by atoms with Crippen LogP contribution in [0.15, 0.2) is 30.3 Å². The first kappa shape index (κ1) is 14.2. The minimum Gasteiger partial charge on any atom is -0.291 e. The summed E-state index contributed by atoms with van der Waals surface area (Å²) < 4.78 is 0. The van der Waals surface area contributed by atoms with Crippen LogP contribution in [0.25, 0.3) is 0 Å². The molecule has 1 aromatic rings. The molecule has 0 fully saturated rings. The lowest BCUT2D eigenvalue weighted by molar-refractivity contribution is -0.136. The zero-order chi connectivity index (χ0) is 12.7. The van der Waals surface area contributed by atoms with E-state index in [0.29, 0.717) is 17.9 Å². The van der Waals surface area contributed by atoms with E-state index in [-0.39, 0.29) is 6.42 Å². The van der Waals surface area contributed by atoms with Gasteiger partial charge in [-0.3, -0.25) is 9.59 Å². The molecule has 0 aliphatic carbocycles. The van der Waals surface area contributed by atoms with Gasteiger partial charge in [-0.25, -0.2) is 0 Å². The quantitative estimate of drug-likeness (QED) is 0.433. The van der Waals surface area contributed by atoms with Gasteiger partial charge in [0.2, 0.25) is 5.78 Å². The molecule has 0 radical (unpaired) electrons. The Hall–Kier alpha value is -0.860. The zero-order valence-corrected chi connectivity index (χ0v) is 10.9. The van der Waals surface area contributed by atoms with Crippen LogP contribution in [0.1, 0.15) is 30.2 Å². The number of alkyl halides is 2. The molecule has 0 saturated carbocycles. The van der Waals surface area contributed by atoms with Gasteiger partial charge in [-0.1, -0.05) is 30.3 Å². The third-order valence-corrected chi connectivity index (χ3v) is 3.10. The van der Waals surface area contributed by atoms with Crippen molar-refractivity contribution < 1.29 is 9.59 Å². The number of halogens is 2. The van der Waals surface area contributed by atoms with Crippen molar-refractivity contribution in [2.24, 2.45) is 0 Å². The molecule has 4 heteroatoms. The molecular formula is C13H14Cl2O2. The SMILES string of the molecule is O=C(CCCCCl)C(=O)C(Cl)c1ccccc1. The number of carbonyl (C=O) groups excluding carboxylic acids is 2. The van der Waals surface area contributed by atoms with Gasteiger partial charge < -0.3 is 0 Å². The second kappa shape index (κ2) is 7.46. The Morgan fingerprint density at radius 3 is 2.35 bits per heavy atom. The topological polar surface area (TPSA) is 34.1 Å². The molecule has 0 spiro atoms. The lowest BCUT2D eigenvalue weighted by Gasteiger charge is -2.07. The van der Waals surface area contributed by atoms with E-state index in [4.69, 9.17) is 23.2 Å². The summed E-state index contributed by atoms with van der Waals surface area (Å²) in [5, 5.41) is -0.875. The maximum absolute atomic E-state index is 11.7. The second-order valence-electron chi connectivity index (χ2n) is 3.71. The van der Waals surface area contributed by atoms with E-state index in [2.05, 4.69) is 0 Å². The predicted molar refractivity (Wildman–Crippen MR) is 69.6 cm³/mol. The smallest absolute Gasteiger partial charge is 0.220 e. The summed E-state index contributed by atoms with van der Waals surface area (Å²) in [6, 6.07) is 8.88. The normalized spacial score (nSPS) is 12.1. The van der Waals surface area contributed by atoms with E-state index in [0.717, 1.165) is 6.42 Å². The van der Waals surface area contributed by atoms with Crippen LogP contribution in [0, 0.1) is 0 Å². The summed E-state index contributed by atoms with van der Waals surface area (Å²) in [4.78, 5) is 23.3. The lowest BCUT2D eigenvalue weighted by Crippen LogP contribution is -2.18. The van der Waals surface area contributed by atoms with Crippen molar-refractivity contribution in [2.75, 3.05) is 5.88 Å². The van der Waals surface area contributed by atoms with Crippen LogP contribution in [0.5, 0.6) is 0 Å². The summed E-state index contributed by atoms with van der Waals surface area (Å²) in [6.07, 6.45) is 1.59. The molecule has 0 aromatic heterocycles. The van der Waals surface area contributed by atoms with Crippen molar-refractivity contribution in [1.29, 1.82) is 0 Å². The minimum absolute atomic E-state index is 0.224. The Morgan fingerprint density at radius 1 is 1.12 bits per heavy atom. The van der Waals surface area contributed by atoms with Crippen LogP contribution < -0.4 is 0 Å². The number of hydrogen-bond donors (Lipinski definition) is 0. The molecule has 0 aliphatic rings. The van der Waals surface area contributed by atoms with Crippen molar-refractivity contribution in [1.82, 2.24) is 0 Å². The largest absolute Gasteiger partial charge is 0.291 e. The molecule has 0 bridgehead atoms. The average Bonchev–Trinajstić information content (AvgIpc) is 2.38. The fourth-order valence-electron chi connectivity index (χ4n) is 1.42. The molecule has 0 saturated heterocycles. The summed E-state index contributed by atoms with van der Waals surface area (Å²) >= 11 is 11.5. The Labute approximate surface area is 111 Å². The maximum Gasteiger partial charge on any atom is 0.220 e. The van der Waals surface area contributed by atoms with Crippen LogP contribution >= 0.6 is 23.2 Å². The highest BCUT2D eigenvalue weighted by atomic mass is 35.5. The first-order chi connectivity index (χ1) is 8.16. The number of hydrogen-bond acceptors (Lipinski definition) is 2. The van der Waals surface area contributed by atoms with E-state index in [1.54, 1.807) is 24.3 Å². The Kier molecular flexibility index (Phi) is 6.23. The van der Waals surface area contributed by atoms with Crippen LogP contribution in [-0.2, 0) is 9.59 Å². The second-order valence-corrected chi connectivity index (χ2v) is 4.52. The van der Waals surface area contributed by atoms with E-state index < -0.39 is 16.9 Å². The van der Waals surface area contributed by atoms with Crippen molar-refractivity contribution in [3.8, 4) is 0 Å². The molecule has 1 aromatic carbocycles. The molecule has 0 heterocycles. The summed E-state index contributed by atoms with van der Waals surface area (Å²) in [5.41, 5.74) is 0.657. The molecule has 1 rings (SSSR count). The third-order valence-electron chi connectivity index (χ3n) is 2.38. The van der Waals surface area contributed by atoms with Gasteiger partial charge in [-0.05, 0) is 18.4 Å².